The molecule has 0 spiro atoms. The van der Waals surface area contributed by atoms with E-state index in [0.29, 0.717) is 13.0 Å². The highest BCUT2D eigenvalue weighted by atomic mass is 16.4. The van der Waals surface area contributed by atoms with E-state index in [9.17, 15) is 19.5 Å². The van der Waals surface area contributed by atoms with E-state index in [1.807, 2.05) is 0 Å². The molecule has 0 bridgehead atoms. The third-order valence-corrected chi connectivity index (χ3v) is 3.57. The highest BCUT2D eigenvalue weighted by molar-refractivity contribution is 5.88. The van der Waals surface area contributed by atoms with Gasteiger partial charge in [-0.15, -0.1) is 0 Å². The molecule has 0 radical (unpaired) electrons. The van der Waals surface area contributed by atoms with Crippen LogP contribution in [-0.4, -0.2) is 65.5 Å². The quantitative estimate of drug-likeness (QED) is 0.762. The van der Waals surface area contributed by atoms with E-state index in [-0.39, 0.29) is 12.5 Å². The lowest BCUT2D eigenvalue weighted by Gasteiger charge is -2.43. The third-order valence-electron chi connectivity index (χ3n) is 3.57. The van der Waals surface area contributed by atoms with Gasteiger partial charge in [-0.1, -0.05) is 0 Å². The summed E-state index contributed by atoms with van der Waals surface area (Å²) in [6.07, 6.45) is 2.00. The molecule has 1 atom stereocenters. The molecule has 0 aromatic carbocycles. The fourth-order valence-corrected chi connectivity index (χ4v) is 2.22. The minimum Gasteiger partial charge on any atom is -0.480 e. The second-order valence-corrected chi connectivity index (χ2v) is 5.00. The molecule has 19 heavy (non-hydrogen) atoms. The Labute approximate surface area is 112 Å². The Kier molecular flexibility index (Phi) is 4.74. The number of carbonyl (C=O) groups is 3. The zero-order chi connectivity index (χ0) is 14.6. The molecule has 3 amide bonds. The molecular formula is C12H21N3O4. The fraction of sp³-hybridized carbons (Fsp3) is 0.750. The highest BCUT2D eigenvalue weighted by Gasteiger charge is 2.44. The maximum absolute atomic E-state index is 12.3. The molecule has 7 nitrogen and oxygen atoms in total. The Morgan fingerprint density at radius 3 is 2.53 bits per heavy atom. The molecule has 0 aromatic rings. The van der Waals surface area contributed by atoms with Crippen molar-refractivity contribution in [2.24, 2.45) is 0 Å². The average molecular weight is 271 g/mol. The van der Waals surface area contributed by atoms with Crippen LogP contribution in [0.15, 0.2) is 0 Å². The van der Waals surface area contributed by atoms with Crippen molar-refractivity contribution >= 4 is 17.9 Å². The first-order valence-electron chi connectivity index (χ1n) is 6.29. The lowest BCUT2D eigenvalue weighted by atomic mass is 9.89. The molecule has 1 rings (SSSR count). The summed E-state index contributed by atoms with van der Waals surface area (Å²) in [6, 6.07) is -0.423. The Balaban J connectivity index is 2.83. The average Bonchev–Trinajstić information content (AvgIpc) is 2.38. The number of nitrogens with zero attached hydrogens (tertiary/aromatic N) is 2. The number of carboxylic acids is 1. The number of nitrogens with one attached hydrogen (secondary N) is 1. The maximum atomic E-state index is 12.3. The molecule has 0 aromatic heterocycles. The van der Waals surface area contributed by atoms with Gasteiger partial charge in [0.2, 0.25) is 5.91 Å². The van der Waals surface area contributed by atoms with Crippen LogP contribution < -0.4 is 5.32 Å². The topological polar surface area (TPSA) is 90.0 Å². The summed E-state index contributed by atoms with van der Waals surface area (Å²) in [5.74, 6) is -1.29. The van der Waals surface area contributed by atoms with E-state index in [1.54, 1.807) is 6.92 Å². The number of carboxylic acid groups (broad SMARTS) is 1. The Morgan fingerprint density at radius 1 is 1.37 bits per heavy atom. The van der Waals surface area contributed by atoms with Gasteiger partial charge in [0.05, 0.1) is 0 Å². The van der Waals surface area contributed by atoms with Crippen molar-refractivity contribution in [3.63, 3.8) is 0 Å². The largest absolute Gasteiger partial charge is 0.480 e. The number of piperidine rings is 1. The van der Waals surface area contributed by atoms with Crippen LogP contribution >= 0.6 is 0 Å². The van der Waals surface area contributed by atoms with E-state index in [1.165, 1.54) is 23.9 Å². The van der Waals surface area contributed by atoms with E-state index in [4.69, 9.17) is 0 Å². The summed E-state index contributed by atoms with van der Waals surface area (Å²) in [4.78, 5) is 37.5. The van der Waals surface area contributed by atoms with Gasteiger partial charge in [0.15, 0.2) is 0 Å². The van der Waals surface area contributed by atoms with Crippen LogP contribution in [0.1, 0.15) is 26.2 Å². The minimum absolute atomic E-state index is 0.0818. The van der Waals surface area contributed by atoms with Crippen molar-refractivity contribution in [3.05, 3.63) is 0 Å². The number of aliphatic carboxylic acids is 1. The van der Waals surface area contributed by atoms with E-state index >= 15 is 0 Å². The molecule has 1 unspecified atom stereocenters. The van der Waals surface area contributed by atoms with Crippen molar-refractivity contribution in [3.8, 4) is 0 Å². The van der Waals surface area contributed by atoms with Crippen molar-refractivity contribution < 1.29 is 19.5 Å². The normalized spacial score (nSPS) is 22.8. The zero-order valence-electron chi connectivity index (χ0n) is 11.6. The van der Waals surface area contributed by atoms with Gasteiger partial charge >= 0.3 is 12.0 Å². The van der Waals surface area contributed by atoms with Gasteiger partial charge in [-0.25, -0.2) is 9.59 Å². The molecule has 108 valence electrons. The smallest absolute Gasteiger partial charge is 0.329 e. The van der Waals surface area contributed by atoms with Crippen molar-refractivity contribution in [1.82, 2.24) is 15.1 Å². The summed E-state index contributed by atoms with van der Waals surface area (Å²) >= 11 is 0. The number of carbonyl (C=O) groups excluding carboxylic acids is 2. The van der Waals surface area contributed by atoms with Gasteiger partial charge in [0.1, 0.15) is 12.1 Å². The molecule has 2 N–H and O–H groups in total. The molecule has 1 aliphatic heterocycles. The summed E-state index contributed by atoms with van der Waals surface area (Å²) in [7, 11) is 2.98. The zero-order valence-corrected chi connectivity index (χ0v) is 11.6. The van der Waals surface area contributed by atoms with E-state index < -0.39 is 17.5 Å². The van der Waals surface area contributed by atoms with Crippen LogP contribution in [0, 0.1) is 0 Å². The van der Waals surface area contributed by atoms with Gasteiger partial charge in [0, 0.05) is 20.6 Å². The van der Waals surface area contributed by atoms with Gasteiger partial charge < -0.3 is 20.2 Å². The number of likely N-dealkylation sites (N-methyl/N-ethyl adjacent to an activating group) is 2. The fourth-order valence-electron chi connectivity index (χ4n) is 2.22. The summed E-state index contributed by atoms with van der Waals surface area (Å²) < 4.78 is 0. The van der Waals surface area contributed by atoms with Crippen LogP contribution in [0.3, 0.4) is 0 Å². The van der Waals surface area contributed by atoms with Gasteiger partial charge in [-0.3, -0.25) is 4.79 Å². The number of urea groups is 1. The SMILES string of the molecule is CNC(=O)CN(C)C(=O)N1CCCCC1(C)C(=O)O. The van der Waals surface area contributed by atoms with Crippen LogP contribution in [0.2, 0.25) is 0 Å². The summed E-state index contributed by atoms with van der Waals surface area (Å²) in [6.45, 7) is 1.88. The molecule has 7 heteroatoms. The first-order valence-corrected chi connectivity index (χ1v) is 6.29. The van der Waals surface area contributed by atoms with Crippen LogP contribution in [0.4, 0.5) is 4.79 Å². The lowest BCUT2D eigenvalue weighted by Crippen LogP contribution is -2.60. The third kappa shape index (κ3) is 3.15. The Morgan fingerprint density at radius 2 is 2.00 bits per heavy atom. The highest BCUT2D eigenvalue weighted by Crippen LogP contribution is 2.29. The number of amides is 3. The van der Waals surface area contributed by atoms with Gasteiger partial charge in [-0.05, 0) is 26.2 Å². The van der Waals surface area contributed by atoms with Gasteiger partial charge in [-0.2, -0.15) is 0 Å². The molecule has 1 saturated heterocycles. The maximum Gasteiger partial charge on any atom is 0.329 e. The molecule has 0 aliphatic carbocycles. The molecule has 1 fully saturated rings. The second-order valence-electron chi connectivity index (χ2n) is 5.00. The number of likely N-dealkylation sites (tertiary alicyclic amines) is 1. The van der Waals surface area contributed by atoms with Crippen LogP contribution in [0.5, 0.6) is 0 Å². The predicted molar refractivity (Wildman–Crippen MR) is 68.7 cm³/mol. The molecule has 0 saturated carbocycles. The number of rotatable bonds is 3. The summed E-state index contributed by atoms with van der Waals surface area (Å²) in [5, 5.41) is 11.8. The van der Waals surface area contributed by atoms with Crippen LogP contribution in [0.25, 0.3) is 0 Å². The minimum atomic E-state index is -1.19. The number of hydrogen-bond acceptors (Lipinski definition) is 3. The Hall–Kier alpha value is -1.79. The monoisotopic (exact) mass is 271 g/mol. The second kappa shape index (κ2) is 5.90. The van der Waals surface area contributed by atoms with Crippen molar-refractivity contribution in [2.75, 3.05) is 27.2 Å². The summed E-state index contributed by atoms with van der Waals surface area (Å²) in [5.41, 5.74) is -1.19. The van der Waals surface area contributed by atoms with Crippen LogP contribution in [-0.2, 0) is 9.59 Å². The molecule has 1 heterocycles. The first-order chi connectivity index (χ1) is 8.82. The number of hydrogen-bond donors (Lipinski definition) is 2. The molecular weight excluding hydrogens is 250 g/mol. The predicted octanol–water partition coefficient (Wildman–Crippen LogP) is 0.113. The lowest BCUT2D eigenvalue weighted by molar-refractivity contribution is -0.150. The van der Waals surface area contributed by atoms with E-state index in [0.717, 1.165) is 12.8 Å². The Bertz CT molecular complexity index is 385. The first kappa shape index (κ1) is 15.3. The van der Waals surface area contributed by atoms with Crippen molar-refractivity contribution in [2.45, 2.75) is 31.7 Å². The van der Waals surface area contributed by atoms with E-state index in [2.05, 4.69) is 5.32 Å². The van der Waals surface area contributed by atoms with Gasteiger partial charge in [0.25, 0.3) is 0 Å². The standard InChI is InChI=1S/C12H21N3O4/c1-12(10(17)18)6-4-5-7-15(12)11(19)14(3)8-9(16)13-2/h4-8H2,1-3H3,(H,13,16)(H,17,18). The molecule has 1 aliphatic rings. The van der Waals surface area contributed by atoms with Crippen molar-refractivity contribution in [1.29, 1.82) is 0 Å².